The van der Waals surface area contributed by atoms with Gasteiger partial charge >= 0.3 is 5.97 Å². The number of hydrogen-bond donors (Lipinski definition) is 0. The topological polar surface area (TPSA) is 35.5 Å². The summed E-state index contributed by atoms with van der Waals surface area (Å²) in [6.45, 7) is 6.28. The van der Waals surface area contributed by atoms with Gasteiger partial charge in [0.05, 0.1) is 6.61 Å². The van der Waals surface area contributed by atoms with Gasteiger partial charge in [0.25, 0.3) is 0 Å². The molecular formula is C14H18O3. The van der Waals surface area contributed by atoms with Gasteiger partial charge in [0.2, 0.25) is 0 Å². The highest BCUT2D eigenvalue weighted by Crippen LogP contribution is 2.18. The minimum absolute atomic E-state index is 0.309. The van der Waals surface area contributed by atoms with Crippen LogP contribution >= 0.6 is 0 Å². The van der Waals surface area contributed by atoms with Crippen LogP contribution in [0.2, 0.25) is 0 Å². The molecule has 0 bridgehead atoms. The lowest BCUT2D eigenvalue weighted by atomic mass is 10.2. The third-order valence-corrected chi connectivity index (χ3v) is 2.18. The van der Waals surface area contributed by atoms with Crippen LogP contribution in [-0.2, 0) is 4.79 Å². The number of carbonyl (C=O) groups excluding carboxylic acids is 1. The molecule has 0 N–H and O–H groups in total. The number of hydrogen-bond acceptors (Lipinski definition) is 3. The molecule has 1 aromatic carbocycles. The lowest BCUT2D eigenvalue weighted by molar-refractivity contribution is -0.130. The molecule has 0 atom stereocenters. The second kappa shape index (κ2) is 6.74. The quantitative estimate of drug-likeness (QED) is 0.445. The summed E-state index contributed by atoms with van der Waals surface area (Å²) in [7, 11) is 0. The minimum atomic E-state index is -0.309. The maximum Gasteiger partial charge on any atom is 0.338 e. The van der Waals surface area contributed by atoms with Crippen molar-refractivity contribution >= 4 is 5.97 Å². The molecule has 0 radical (unpaired) electrons. The van der Waals surface area contributed by atoms with Crippen molar-refractivity contribution in [2.24, 2.45) is 0 Å². The Bertz CT molecular complexity index is 390. The number of ether oxygens (including phenoxy) is 2. The summed E-state index contributed by atoms with van der Waals surface area (Å²) in [5, 5.41) is 0. The van der Waals surface area contributed by atoms with Crippen molar-refractivity contribution in [1.29, 1.82) is 0 Å². The maximum atomic E-state index is 11.6. The molecule has 0 saturated heterocycles. The van der Waals surface area contributed by atoms with Crippen LogP contribution in [0.15, 0.2) is 35.9 Å². The van der Waals surface area contributed by atoms with E-state index in [-0.39, 0.29) is 5.97 Å². The fourth-order valence-corrected chi connectivity index (χ4v) is 1.35. The summed E-state index contributed by atoms with van der Waals surface area (Å²) < 4.78 is 10.5. The Balaban J connectivity index is 2.63. The van der Waals surface area contributed by atoms with E-state index < -0.39 is 0 Å². The van der Waals surface area contributed by atoms with Crippen molar-refractivity contribution in [3.8, 4) is 11.5 Å². The Morgan fingerprint density at radius 1 is 1.18 bits per heavy atom. The maximum absolute atomic E-state index is 11.6. The number of carbonyl (C=O) groups is 1. The first kappa shape index (κ1) is 13.3. The van der Waals surface area contributed by atoms with Crippen LogP contribution in [0.5, 0.6) is 11.5 Å². The van der Waals surface area contributed by atoms with Crippen molar-refractivity contribution < 1.29 is 14.3 Å². The second-order valence-corrected chi connectivity index (χ2v) is 3.59. The van der Waals surface area contributed by atoms with Crippen molar-refractivity contribution in [3.63, 3.8) is 0 Å². The van der Waals surface area contributed by atoms with E-state index in [4.69, 9.17) is 9.47 Å². The highest BCUT2D eigenvalue weighted by atomic mass is 16.5. The molecule has 0 aliphatic rings. The molecule has 0 aromatic heterocycles. The molecule has 17 heavy (non-hydrogen) atoms. The van der Waals surface area contributed by atoms with E-state index in [0.717, 1.165) is 12.2 Å². The summed E-state index contributed by atoms with van der Waals surface area (Å²) in [6.07, 6.45) is 2.67. The average molecular weight is 234 g/mol. The van der Waals surface area contributed by atoms with E-state index in [0.29, 0.717) is 17.9 Å². The molecule has 0 spiro atoms. The zero-order valence-corrected chi connectivity index (χ0v) is 10.5. The number of allylic oxidation sites excluding steroid dienone is 1. The molecule has 3 heteroatoms. The molecule has 3 nitrogen and oxygen atoms in total. The monoisotopic (exact) mass is 234 g/mol. The molecule has 0 heterocycles. The number of rotatable bonds is 5. The van der Waals surface area contributed by atoms with Gasteiger partial charge in [0, 0.05) is 5.57 Å². The summed E-state index contributed by atoms with van der Waals surface area (Å²) >= 11 is 0. The SMILES string of the molecule is CCC=C(C)C(=O)Oc1ccc(OCC)cc1. The largest absolute Gasteiger partial charge is 0.494 e. The van der Waals surface area contributed by atoms with Gasteiger partial charge < -0.3 is 9.47 Å². The first-order valence-electron chi connectivity index (χ1n) is 5.79. The van der Waals surface area contributed by atoms with E-state index in [1.807, 2.05) is 19.9 Å². The molecule has 92 valence electrons. The summed E-state index contributed by atoms with van der Waals surface area (Å²) in [5.41, 5.74) is 0.626. The smallest absolute Gasteiger partial charge is 0.338 e. The van der Waals surface area contributed by atoms with Gasteiger partial charge in [-0.25, -0.2) is 4.79 Å². The van der Waals surface area contributed by atoms with Crippen LogP contribution in [0, 0.1) is 0 Å². The zero-order valence-electron chi connectivity index (χ0n) is 10.5. The van der Waals surface area contributed by atoms with Crippen LogP contribution in [0.3, 0.4) is 0 Å². The Hall–Kier alpha value is -1.77. The van der Waals surface area contributed by atoms with Crippen molar-refractivity contribution in [1.82, 2.24) is 0 Å². The van der Waals surface area contributed by atoms with Crippen LogP contribution in [0.1, 0.15) is 27.2 Å². The number of esters is 1. The fraction of sp³-hybridized carbons (Fsp3) is 0.357. The summed E-state index contributed by atoms with van der Waals surface area (Å²) in [4.78, 5) is 11.6. The molecule has 0 saturated carbocycles. The summed E-state index contributed by atoms with van der Waals surface area (Å²) in [5.74, 6) is 0.992. The van der Waals surface area contributed by atoms with Crippen LogP contribution in [0.25, 0.3) is 0 Å². The molecule has 0 amide bonds. The Kier molecular flexibility index (Phi) is 5.27. The van der Waals surface area contributed by atoms with Crippen molar-refractivity contribution in [2.45, 2.75) is 27.2 Å². The molecule has 1 aromatic rings. The predicted molar refractivity (Wildman–Crippen MR) is 67.3 cm³/mol. The van der Waals surface area contributed by atoms with E-state index >= 15 is 0 Å². The zero-order chi connectivity index (χ0) is 12.7. The molecule has 0 unspecified atom stereocenters. The van der Waals surface area contributed by atoms with Gasteiger partial charge in [-0.3, -0.25) is 0 Å². The Morgan fingerprint density at radius 2 is 1.76 bits per heavy atom. The average Bonchev–Trinajstić information content (AvgIpc) is 2.32. The van der Waals surface area contributed by atoms with Crippen LogP contribution in [0.4, 0.5) is 0 Å². The van der Waals surface area contributed by atoms with Gasteiger partial charge in [-0.2, -0.15) is 0 Å². The van der Waals surface area contributed by atoms with Gasteiger partial charge in [-0.15, -0.1) is 0 Å². The van der Waals surface area contributed by atoms with Gasteiger partial charge in [0.1, 0.15) is 11.5 Å². The van der Waals surface area contributed by atoms with Gasteiger partial charge in [0.15, 0.2) is 0 Å². The predicted octanol–water partition coefficient (Wildman–Crippen LogP) is 3.35. The highest BCUT2D eigenvalue weighted by Gasteiger charge is 2.06. The van der Waals surface area contributed by atoms with Gasteiger partial charge in [-0.1, -0.05) is 13.0 Å². The van der Waals surface area contributed by atoms with Crippen LogP contribution < -0.4 is 9.47 Å². The standard InChI is InChI=1S/C14H18O3/c1-4-6-11(3)14(15)17-13-9-7-12(8-10-13)16-5-2/h6-10H,4-5H2,1-3H3. The number of benzene rings is 1. The van der Waals surface area contributed by atoms with E-state index in [2.05, 4.69) is 0 Å². The lowest BCUT2D eigenvalue weighted by Crippen LogP contribution is -2.09. The van der Waals surface area contributed by atoms with Crippen molar-refractivity contribution in [2.75, 3.05) is 6.61 Å². The Morgan fingerprint density at radius 3 is 2.29 bits per heavy atom. The van der Waals surface area contributed by atoms with E-state index in [1.165, 1.54) is 0 Å². The molecule has 0 fully saturated rings. The second-order valence-electron chi connectivity index (χ2n) is 3.59. The third-order valence-electron chi connectivity index (χ3n) is 2.18. The lowest BCUT2D eigenvalue weighted by Gasteiger charge is -2.06. The molecule has 1 rings (SSSR count). The Labute approximate surface area is 102 Å². The highest BCUT2D eigenvalue weighted by molar-refractivity contribution is 5.89. The first-order valence-corrected chi connectivity index (χ1v) is 5.79. The molecule has 0 aliphatic heterocycles. The van der Waals surface area contributed by atoms with Crippen molar-refractivity contribution in [3.05, 3.63) is 35.9 Å². The first-order chi connectivity index (χ1) is 8.17. The summed E-state index contributed by atoms with van der Waals surface area (Å²) in [6, 6.07) is 7.01. The van der Waals surface area contributed by atoms with E-state index in [9.17, 15) is 4.79 Å². The van der Waals surface area contributed by atoms with Crippen LogP contribution in [-0.4, -0.2) is 12.6 Å². The normalized spacial score (nSPS) is 11.1. The molecular weight excluding hydrogens is 216 g/mol. The van der Waals surface area contributed by atoms with Gasteiger partial charge in [-0.05, 0) is 44.5 Å². The fourth-order valence-electron chi connectivity index (χ4n) is 1.35. The van der Waals surface area contributed by atoms with E-state index in [1.54, 1.807) is 31.2 Å². The molecule has 0 aliphatic carbocycles. The third kappa shape index (κ3) is 4.31. The minimum Gasteiger partial charge on any atom is -0.494 e.